The number of hydrogen-bond acceptors (Lipinski definition) is 4. The topological polar surface area (TPSA) is 101 Å². The number of carbonyl (C=O) groups excluding carboxylic acids is 1. The molecule has 2 aromatic heterocycles. The molecule has 2 heterocycles. The highest BCUT2D eigenvalue weighted by atomic mass is 16.9. The average molecular weight is 370 g/mol. The van der Waals surface area contributed by atoms with Crippen LogP contribution < -0.4 is 0 Å². The molecule has 0 radical (unpaired) electrons. The first kappa shape index (κ1) is 19.9. The monoisotopic (exact) mass is 370 g/mol. The van der Waals surface area contributed by atoms with E-state index in [2.05, 4.69) is 31.2 Å². The molecule has 8 heteroatoms. The molecule has 0 atom stereocenters. The summed E-state index contributed by atoms with van der Waals surface area (Å²) in [5.74, 6) is 0.0710. The first-order chi connectivity index (χ1) is 12.7. The number of rotatable bonds is 3. The lowest BCUT2D eigenvalue weighted by Crippen LogP contribution is -2.24. The zero-order chi connectivity index (χ0) is 20.1. The summed E-state index contributed by atoms with van der Waals surface area (Å²) in [5, 5.41) is 13.6. The summed E-state index contributed by atoms with van der Waals surface area (Å²) < 4.78 is 2.03. The molecule has 0 fully saturated rings. The van der Waals surface area contributed by atoms with Crippen LogP contribution >= 0.6 is 0 Å². The number of hydrogen-bond donors (Lipinski definition) is 1. The smallest absolute Gasteiger partial charge is 0.291 e. The van der Waals surface area contributed by atoms with Gasteiger partial charge in [0, 0.05) is 25.9 Å². The van der Waals surface area contributed by atoms with Crippen molar-refractivity contribution in [1.29, 1.82) is 0 Å². The summed E-state index contributed by atoms with van der Waals surface area (Å²) in [7, 11) is 3.56. The van der Waals surface area contributed by atoms with Crippen molar-refractivity contribution in [1.82, 2.24) is 14.3 Å². The summed E-state index contributed by atoms with van der Waals surface area (Å²) >= 11 is 0. The van der Waals surface area contributed by atoms with Crippen LogP contribution in [0.3, 0.4) is 0 Å². The van der Waals surface area contributed by atoms with E-state index in [1.807, 2.05) is 29.7 Å². The Morgan fingerprint density at radius 2 is 1.70 bits per heavy atom. The fourth-order valence-corrected chi connectivity index (χ4v) is 2.61. The van der Waals surface area contributed by atoms with Crippen LogP contribution in [-0.4, -0.2) is 44.6 Å². The highest BCUT2D eigenvalue weighted by Gasteiger charge is 2.18. The summed E-state index contributed by atoms with van der Waals surface area (Å²) in [5.41, 5.74) is 6.08. The number of nitrogens with zero attached hydrogens (tertiary/aromatic N) is 4. The van der Waals surface area contributed by atoms with Gasteiger partial charge in [0.05, 0.1) is 17.8 Å². The van der Waals surface area contributed by atoms with Crippen molar-refractivity contribution in [3.63, 3.8) is 0 Å². The molecule has 0 unspecified atom stereocenters. The SMILES string of the molecule is Cc1ccc(-c2nc3ccc(C)cn3c2CC(=O)N(C)C)cc1.O=[N+]([O-])O. The van der Waals surface area contributed by atoms with Gasteiger partial charge >= 0.3 is 0 Å². The second-order valence-electron chi connectivity index (χ2n) is 6.41. The van der Waals surface area contributed by atoms with Gasteiger partial charge in [-0.1, -0.05) is 35.9 Å². The number of pyridine rings is 1. The Bertz CT molecular complexity index is 958. The quantitative estimate of drug-likeness (QED) is 0.564. The van der Waals surface area contributed by atoms with E-state index in [-0.39, 0.29) is 5.91 Å². The fraction of sp³-hybridized carbons (Fsp3) is 0.263. The first-order valence-electron chi connectivity index (χ1n) is 8.27. The molecular formula is C19H22N4O4. The number of carbonyl (C=O) groups is 1. The Morgan fingerprint density at radius 3 is 2.26 bits per heavy atom. The maximum absolute atomic E-state index is 12.3. The number of likely N-dealkylation sites (N-methyl/N-ethyl adjacent to an activating group) is 1. The molecule has 8 nitrogen and oxygen atoms in total. The van der Waals surface area contributed by atoms with E-state index in [0.717, 1.165) is 28.2 Å². The molecule has 1 amide bonds. The lowest BCUT2D eigenvalue weighted by molar-refractivity contribution is -0.742. The van der Waals surface area contributed by atoms with Crippen LogP contribution in [0.2, 0.25) is 0 Å². The largest absolute Gasteiger partial charge is 0.348 e. The van der Waals surface area contributed by atoms with Gasteiger partial charge < -0.3 is 14.5 Å². The van der Waals surface area contributed by atoms with Crippen LogP contribution in [0.4, 0.5) is 0 Å². The zero-order valence-electron chi connectivity index (χ0n) is 15.7. The van der Waals surface area contributed by atoms with Crippen LogP contribution in [0.1, 0.15) is 16.8 Å². The first-order valence-corrected chi connectivity index (χ1v) is 8.27. The molecule has 3 rings (SSSR count). The summed E-state index contributed by atoms with van der Waals surface area (Å²) in [6, 6.07) is 12.3. The number of benzene rings is 1. The number of fused-ring (bicyclic) bond motifs is 1. The lowest BCUT2D eigenvalue weighted by Gasteiger charge is -2.11. The van der Waals surface area contributed by atoms with Crippen LogP contribution in [0.15, 0.2) is 42.6 Å². The molecule has 3 aromatic rings. The second-order valence-corrected chi connectivity index (χ2v) is 6.41. The van der Waals surface area contributed by atoms with Gasteiger partial charge in [-0.2, -0.15) is 0 Å². The van der Waals surface area contributed by atoms with Gasteiger partial charge in [-0.05, 0) is 25.5 Å². The third kappa shape index (κ3) is 5.04. The van der Waals surface area contributed by atoms with Gasteiger partial charge in [-0.3, -0.25) is 4.79 Å². The highest BCUT2D eigenvalue weighted by molar-refractivity contribution is 5.81. The molecular weight excluding hydrogens is 348 g/mol. The van der Waals surface area contributed by atoms with E-state index in [1.165, 1.54) is 5.56 Å². The number of aromatic nitrogens is 2. The van der Waals surface area contributed by atoms with E-state index in [1.54, 1.807) is 19.0 Å². The molecule has 0 bridgehead atoms. The standard InChI is InChI=1S/C19H21N3O.HNO3/c1-13-5-8-15(9-6-13)19-16(11-18(23)21(3)4)22-12-14(2)7-10-17(22)20-19;2-1(3)4/h5-10,12H,11H2,1-4H3;(H,2,3,4). The van der Waals surface area contributed by atoms with E-state index < -0.39 is 5.09 Å². The normalized spacial score (nSPS) is 10.2. The van der Waals surface area contributed by atoms with E-state index in [4.69, 9.17) is 20.3 Å². The van der Waals surface area contributed by atoms with Crippen molar-refractivity contribution < 1.29 is 15.1 Å². The molecule has 0 aliphatic rings. The summed E-state index contributed by atoms with van der Waals surface area (Å²) in [6.45, 7) is 4.11. The van der Waals surface area contributed by atoms with Crippen molar-refractivity contribution in [3.8, 4) is 11.3 Å². The van der Waals surface area contributed by atoms with Crippen LogP contribution in [-0.2, 0) is 11.2 Å². The minimum atomic E-state index is -1.50. The van der Waals surface area contributed by atoms with E-state index >= 15 is 0 Å². The van der Waals surface area contributed by atoms with Gasteiger partial charge in [-0.25, -0.2) is 4.98 Å². The number of aryl methyl sites for hydroxylation is 2. The number of imidazole rings is 1. The number of amides is 1. The lowest BCUT2D eigenvalue weighted by atomic mass is 10.1. The molecule has 142 valence electrons. The second kappa shape index (κ2) is 8.31. The van der Waals surface area contributed by atoms with Crippen molar-refractivity contribution >= 4 is 11.6 Å². The molecule has 0 aliphatic carbocycles. The molecule has 0 saturated carbocycles. The molecule has 0 saturated heterocycles. The van der Waals surface area contributed by atoms with Crippen LogP contribution in [0.5, 0.6) is 0 Å². The Kier molecular flexibility index (Phi) is 6.12. The van der Waals surface area contributed by atoms with Gasteiger partial charge in [0.2, 0.25) is 5.91 Å². The maximum Gasteiger partial charge on any atom is 0.291 e. The van der Waals surface area contributed by atoms with Gasteiger partial charge in [-0.15, -0.1) is 10.1 Å². The van der Waals surface area contributed by atoms with Gasteiger partial charge in [0.15, 0.2) is 0 Å². The van der Waals surface area contributed by atoms with Gasteiger partial charge in [0.25, 0.3) is 5.09 Å². The zero-order valence-corrected chi connectivity index (χ0v) is 15.7. The van der Waals surface area contributed by atoms with Crippen molar-refractivity contribution in [3.05, 3.63) is 69.5 Å². The molecule has 1 aromatic carbocycles. The summed E-state index contributed by atoms with van der Waals surface area (Å²) in [4.78, 5) is 27.0. The van der Waals surface area contributed by atoms with Gasteiger partial charge in [0.1, 0.15) is 5.65 Å². The third-order valence-corrected chi connectivity index (χ3v) is 4.01. The molecule has 1 N–H and O–H groups in total. The Hall–Kier alpha value is -3.42. The van der Waals surface area contributed by atoms with Crippen LogP contribution in [0.25, 0.3) is 16.9 Å². The Balaban J connectivity index is 0.000000596. The fourth-order valence-electron chi connectivity index (χ4n) is 2.61. The summed E-state index contributed by atoms with van der Waals surface area (Å²) in [6.07, 6.45) is 2.37. The average Bonchev–Trinajstić information content (AvgIpc) is 2.93. The highest BCUT2D eigenvalue weighted by Crippen LogP contribution is 2.26. The van der Waals surface area contributed by atoms with E-state index in [9.17, 15) is 4.79 Å². The maximum atomic E-state index is 12.3. The predicted octanol–water partition coefficient (Wildman–Crippen LogP) is 2.90. The van der Waals surface area contributed by atoms with Crippen molar-refractivity contribution in [2.75, 3.05) is 14.1 Å². The van der Waals surface area contributed by atoms with Crippen molar-refractivity contribution in [2.45, 2.75) is 20.3 Å². The molecule has 0 aliphatic heterocycles. The third-order valence-electron chi connectivity index (χ3n) is 4.01. The minimum Gasteiger partial charge on any atom is -0.348 e. The molecule has 27 heavy (non-hydrogen) atoms. The Morgan fingerprint density at radius 1 is 1.15 bits per heavy atom. The van der Waals surface area contributed by atoms with E-state index in [0.29, 0.717) is 6.42 Å². The predicted molar refractivity (Wildman–Crippen MR) is 101 cm³/mol. The Labute approximate surface area is 156 Å². The van der Waals surface area contributed by atoms with Crippen molar-refractivity contribution in [2.24, 2.45) is 0 Å². The minimum absolute atomic E-state index is 0.0710. The molecule has 0 spiro atoms. The van der Waals surface area contributed by atoms with Crippen LogP contribution in [0, 0.1) is 24.0 Å².